The molecule has 1 aromatic rings. The Kier molecular flexibility index (Phi) is 3.31. The molecular weight excluding hydrogens is 244 g/mol. The molecule has 5 heteroatoms. The molecule has 5 nitrogen and oxygen atoms in total. The van der Waals surface area contributed by atoms with Gasteiger partial charge in [0.1, 0.15) is 0 Å². The van der Waals surface area contributed by atoms with Gasteiger partial charge in [0.2, 0.25) is 0 Å². The van der Waals surface area contributed by atoms with Crippen LogP contribution < -0.4 is 0 Å². The zero-order chi connectivity index (χ0) is 13.3. The Morgan fingerprint density at radius 2 is 2.21 bits per heavy atom. The van der Waals surface area contributed by atoms with E-state index in [9.17, 15) is 4.79 Å². The number of ether oxygens (including phenoxy) is 1. The fraction of sp³-hybridized carbons (Fsp3) is 0.714. The number of hydrogen-bond donors (Lipinski definition) is 1. The van der Waals surface area contributed by atoms with Gasteiger partial charge in [-0.1, -0.05) is 19.3 Å². The van der Waals surface area contributed by atoms with Crippen LogP contribution in [0.15, 0.2) is 12.4 Å². The Balaban J connectivity index is 1.75. The van der Waals surface area contributed by atoms with E-state index in [2.05, 4.69) is 5.10 Å². The van der Waals surface area contributed by atoms with E-state index >= 15 is 0 Å². The summed E-state index contributed by atoms with van der Waals surface area (Å²) in [6, 6.07) is 0.278. The van der Waals surface area contributed by atoms with Crippen LogP contribution in [0.2, 0.25) is 0 Å². The largest absolute Gasteiger partial charge is 0.478 e. The fourth-order valence-electron chi connectivity index (χ4n) is 3.42. The number of carbonyl (C=O) groups is 1. The van der Waals surface area contributed by atoms with E-state index in [0.29, 0.717) is 0 Å². The van der Waals surface area contributed by atoms with Crippen molar-refractivity contribution in [1.82, 2.24) is 9.78 Å². The Morgan fingerprint density at radius 1 is 1.42 bits per heavy atom. The molecule has 0 aromatic carbocycles. The first-order chi connectivity index (χ1) is 9.19. The van der Waals surface area contributed by atoms with Gasteiger partial charge in [-0.25, -0.2) is 4.79 Å². The predicted octanol–water partition coefficient (Wildman–Crippen LogP) is 2.64. The normalized spacial score (nSPS) is 26.4. The van der Waals surface area contributed by atoms with E-state index in [4.69, 9.17) is 9.84 Å². The van der Waals surface area contributed by atoms with E-state index in [0.717, 1.165) is 32.3 Å². The van der Waals surface area contributed by atoms with E-state index in [-0.39, 0.29) is 17.2 Å². The number of carboxylic acid groups (broad SMARTS) is 1. The highest BCUT2D eigenvalue weighted by molar-refractivity contribution is 5.86. The third kappa shape index (κ3) is 2.52. The molecule has 2 fully saturated rings. The minimum Gasteiger partial charge on any atom is -0.478 e. The molecule has 1 aliphatic heterocycles. The second-order valence-corrected chi connectivity index (χ2v) is 5.75. The topological polar surface area (TPSA) is 64.3 Å². The van der Waals surface area contributed by atoms with Crippen molar-refractivity contribution in [2.45, 2.75) is 56.6 Å². The van der Waals surface area contributed by atoms with Crippen molar-refractivity contribution in [3.8, 4) is 0 Å². The maximum Gasteiger partial charge on any atom is 0.338 e. The summed E-state index contributed by atoms with van der Waals surface area (Å²) >= 11 is 0. The number of aromatic nitrogens is 2. The second kappa shape index (κ2) is 4.96. The lowest BCUT2D eigenvalue weighted by Gasteiger charge is -2.43. The number of nitrogens with zero attached hydrogens (tertiary/aromatic N) is 2. The summed E-state index contributed by atoms with van der Waals surface area (Å²) in [6.45, 7) is 0.757. The van der Waals surface area contributed by atoms with Gasteiger partial charge in [-0.05, 0) is 25.7 Å². The van der Waals surface area contributed by atoms with Crippen molar-refractivity contribution in [3.63, 3.8) is 0 Å². The van der Waals surface area contributed by atoms with Crippen LogP contribution >= 0.6 is 0 Å². The van der Waals surface area contributed by atoms with Gasteiger partial charge in [0, 0.05) is 12.8 Å². The van der Waals surface area contributed by atoms with Gasteiger partial charge in [-0.15, -0.1) is 0 Å². The molecule has 2 aliphatic rings. The van der Waals surface area contributed by atoms with Gasteiger partial charge < -0.3 is 9.84 Å². The van der Waals surface area contributed by atoms with E-state index in [1.807, 2.05) is 4.68 Å². The molecule has 0 amide bonds. The first kappa shape index (κ1) is 12.7. The lowest BCUT2D eigenvalue weighted by atomic mass is 9.78. The first-order valence-electron chi connectivity index (χ1n) is 7.10. The highest BCUT2D eigenvalue weighted by Gasteiger charge is 2.39. The van der Waals surface area contributed by atoms with Crippen molar-refractivity contribution in [3.05, 3.63) is 18.0 Å². The zero-order valence-corrected chi connectivity index (χ0v) is 11.0. The van der Waals surface area contributed by atoms with E-state index in [1.54, 1.807) is 6.20 Å². The number of hydrogen-bond acceptors (Lipinski definition) is 3. The second-order valence-electron chi connectivity index (χ2n) is 5.75. The average Bonchev–Trinajstić information content (AvgIpc) is 2.89. The summed E-state index contributed by atoms with van der Waals surface area (Å²) in [5.74, 6) is -0.911. The smallest absolute Gasteiger partial charge is 0.338 e. The lowest BCUT2D eigenvalue weighted by molar-refractivity contribution is -0.115. The third-order valence-electron chi connectivity index (χ3n) is 4.45. The molecule has 1 unspecified atom stereocenters. The molecular formula is C14H20N2O3. The van der Waals surface area contributed by atoms with E-state index in [1.165, 1.54) is 25.5 Å². The molecule has 19 heavy (non-hydrogen) atoms. The van der Waals surface area contributed by atoms with Gasteiger partial charge in [-0.2, -0.15) is 5.10 Å². The molecule has 0 radical (unpaired) electrons. The summed E-state index contributed by atoms with van der Waals surface area (Å²) in [4.78, 5) is 10.9. The Morgan fingerprint density at radius 3 is 2.89 bits per heavy atom. The summed E-state index contributed by atoms with van der Waals surface area (Å²) in [7, 11) is 0. The summed E-state index contributed by atoms with van der Waals surface area (Å²) in [6.07, 6.45) is 11.0. The number of rotatable bonds is 2. The minimum absolute atomic E-state index is 0.0243. The Hall–Kier alpha value is -1.36. The Bertz CT molecular complexity index is 458. The van der Waals surface area contributed by atoms with Crippen LogP contribution in [0.4, 0.5) is 0 Å². The molecule has 0 bridgehead atoms. The van der Waals surface area contributed by atoms with Crippen molar-refractivity contribution < 1.29 is 14.6 Å². The van der Waals surface area contributed by atoms with Crippen molar-refractivity contribution in [2.75, 3.05) is 6.61 Å². The molecule has 1 saturated carbocycles. The van der Waals surface area contributed by atoms with Crippen LogP contribution in [0.5, 0.6) is 0 Å². The maximum atomic E-state index is 10.9. The van der Waals surface area contributed by atoms with Gasteiger partial charge in [0.05, 0.1) is 23.4 Å². The van der Waals surface area contributed by atoms with Crippen LogP contribution in [0, 0.1) is 0 Å². The van der Waals surface area contributed by atoms with Gasteiger partial charge in [0.15, 0.2) is 0 Å². The minimum atomic E-state index is -0.911. The highest BCUT2D eigenvalue weighted by atomic mass is 16.5. The van der Waals surface area contributed by atoms with Gasteiger partial charge in [-0.3, -0.25) is 4.68 Å². The monoisotopic (exact) mass is 264 g/mol. The standard InChI is InChI=1S/C14H20N2O3/c17-13(18)11-9-15-16(10-11)12-4-7-19-14(8-12)5-2-1-3-6-14/h9-10,12H,1-8H2,(H,17,18). The summed E-state index contributed by atoms with van der Waals surface area (Å²) < 4.78 is 7.88. The zero-order valence-electron chi connectivity index (χ0n) is 11.0. The van der Waals surface area contributed by atoms with Crippen LogP contribution in [0.25, 0.3) is 0 Å². The molecule has 3 rings (SSSR count). The van der Waals surface area contributed by atoms with Crippen molar-refractivity contribution in [2.24, 2.45) is 0 Å². The van der Waals surface area contributed by atoms with Gasteiger partial charge >= 0.3 is 5.97 Å². The van der Waals surface area contributed by atoms with Crippen molar-refractivity contribution >= 4 is 5.97 Å². The Labute approximate surface area is 112 Å². The molecule has 1 aromatic heterocycles. The summed E-state index contributed by atoms with van der Waals surface area (Å²) in [5, 5.41) is 13.2. The molecule has 1 saturated heterocycles. The van der Waals surface area contributed by atoms with Crippen LogP contribution in [0.1, 0.15) is 61.3 Å². The molecule has 2 heterocycles. The molecule has 1 atom stereocenters. The molecule has 1 spiro atoms. The molecule has 1 N–H and O–H groups in total. The van der Waals surface area contributed by atoms with Crippen molar-refractivity contribution in [1.29, 1.82) is 0 Å². The quantitative estimate of drug-likeness (QED) is 0.891. The summed E-state index contributed by atoms with van der Waals surface area (Å²) in [5.41, 5.74) is 0.292. The first-order valence-corrected chi connectivity index (χ1v) is 7.10. The van der Waals surface area contributed by atoms with Gasteiger partial charge in [0.25, 0.3) is 0 Å². The highest BCUT2D eigenvalue weighted by Crippen LogP contribution is 2.42. The SMILES string of the molecule is O=C(O)c1cnn(C2CCOC3(CCCCC3)C2)c1. The number of carboxylic acids is 1. The fourth-order valence-corrected chi connectivity index (χ4v) is 3.42. The lowest BCUT2D eigenvalue weighted by Crippen LogP contribution is -2.42. The molecule has 104 valence electrons. The van der Waals surface area contributed by atoms with Crippen LogP contribution in [0.3, 0.4) is 0 Å². The predicted molar refractivity (Wildman–Crippen MR) is 69.2 cm³/mol. The number of aromatic carboxylic acids is 1. The van der Waals surface area contributed by atoms with E-state index < -0.39 is 5.97 Å². The van der Waals surface area contributed by atoms with Crippen LogP contribution in [-0.4, -0.2) is 33.1 Å². The average molecular weight is 264 g/mol. The van der Waals surface area contributed by atoms with Crippen LogP contribution in [-0.2, 0) is 4.74 Å². The molecule has 1 aliphatic carbocycles. The maximum absolute atomic E-state index is 10.9. The third-order valence-corrected chi connectivity index (χ3v) is 4.45.